The summed E-state index contributed by atoms with van der Waals surface area (Å²) < 4.78 is 5.29. The maximum atomic E-state index is 12.6. The zero-order valence-electron chi connectivity index (χ0n) is 15.0. The number of rotatable bonds is 4. The molecule has 6 nitrogen and oxygen atoms in total. The van der Waals surface area contributed by atoms with Gasteiger partial charge in [0.1, 0.15) is 11.6 Å². The van der Waals surface area contributed by atoms with Gasteiger partial charge in [-0.15, -0.1) is 0 Å². The molecule has 0 spiro atoms. The third-order valence-electron chi connectivity index (χ3n) is 4.58. The largest absolute Gasteiger partial charge is 0.495 e. The fraction of sp³-hybridized carbons (Fsp3) is 0.421. The monoisotopic (exact) mass is 340 g/mol. The van der Waals surface area contributed by atoms with Crippen molar-refractivity contribution in [1.29, 1.82) is 0 Å². The van der Waals surface area contributed by atoms with Gasteiger partial charge in [-0.05, 0) is 38.8 Å². The van der Waals surface area contributed by atoms with E-state index in [0.29, 0.717) is 5.75 Å². The second-order valence-electron chi connectivity index (χ2n) is 6.37. The number of carbonyl (C=O) groups excluding carboxylic acids is 1. The average molecular weight is 340 g/mol. The molecule has 0 aliphatic carbocycles. The first-order valence-corrected chi connectivity index (χ1v) is 8.57. The number of benzene rings is 1. The Labute approximate surface area is 148 Å². The quantitative estimate of drug-likeness (QED) is 0.927. The first kappa shape index (κ1) is 17.2. The van der Waals surface area contributed by atoms with Crippen LogP contribution in [-0.4, -0.2) is 36.1 Å². The molecule has 3 rings (SSSR count). The zero-order valence-corrected chi connectivity index (χ0v) is 15.0. The molecule has 132 valence electrons. The SMILES string of the molecule is COc1ccccc1NC(=O)C1CCN(c2nc(C)cnc2C)CC1. The summed E-state index contributed by atoms with van der Waals surface area (Å²) >= 11 is 0. The molecule has 0 atom stereocenters. The van der Waals surface area contributed by atoms with Crippen molar-refractivity contribution in [3.63, 3.8) is 0 Å². The first-order valence-electron chi connectivity index (χ1n) is 8.57. The maximum absolute atomic E-state index is 12.6. The Balaban J connectivity index is 1.62. The zero-order chi connectivity index (χ0) is 17.8. The third-order valence-corrected chi connectivity index (χ3v) is 4.58. The van der Waals surface area contributed by atoms with Crippen LogP contribution in [0.4, 0.5) is 11.5 Å². The number of aromatic nitrogens is 2. The van der Waals surface area contributed by atoms with E-state index >= 15 is 0 Å². The molecule has 1 aromatic carbocycles. The van der Waals surface area contributed by atoms with E-state index in [2.05, 4.69) is 20.2 Å². The molecule has 1 aliphatic heterocycles. The topological polar surface area (TPSA) is 67.3 Å². The van der Waals surface area contributed by atoms with Crippen LogP contribution in [0.25, 0.3) is 0 Å². The summed E-state index contributed by atoms with van der Waals surface area (Å²) in [5.41, 5.74) is 2.57. The van der Waals surface area contributed by atoms with E-state index in [-0.39, 0.29) is 11.8 Å². The summed E-state index contributed by atoms with van der Waals surface area (Å²) in [5, 5.41) is 3.00. The van der Waals surface area contributed by atoms with E-state index in [4.69, 9.17) is 4.74 Å². The fourth-order valence-corrected chi connectivity index (χ4v) is 3.16. The number of para-hydroxylation sites is 2. The molecule has 1 N–H and O–H groups in total. The molecule has 1 aromatic heterocycles. The number of amides is 1. The molecule has 1 fully saturated rings. The van der Waals surface area contributed by atoms with E-state index in [9.17, 15) is 4.79 Å². The molecule has 1 saturated heterocycles. The second kappa shape index (κ2) is 7.51. The van der Waals surface area contributed by atoms with Gasteiger partial charge in [-0.25, -0.2) is 4.98 Å². The minimum atomic E-state index is -0.000707. The molecule has 0 bridgehead atoms. The lowest BCUT2D eigenvalue weighted by atomic mass is 9.95. The molecule has 6 heteroatoms. The summed E-state index contributed by atoms with van der Waals surface area (Å²) in [7, 11) is 1.61. The van der Waals surface area contributed by atoms with Gasteiger partial charge in [0.15, 0.2) is 0 Å². The normalized spacial score (nSPS) is 15.1. The highest BCUT2D eigenvalue weighted by Gasteiger charge is 2.27. The Kier molecular flexibility index (Phi) is 5.16. The molecule has 1 aliphatic rings. The van der Waals surface area contributed by atoms with E-state index in [1.165, 1.54) is 0 Å². The summed E-state index contributed by atoms with van der Waals surface area (Å²) in [4.78, 5) is 23.8. The number of anilines is 2. The van der Waals surface area contributed by atoms with E-state index in [0.717, 1.165) is 48.8 Å². The number of methoxy groups -OCH3 is 1. The van der Waals surface area contributed by atoms with Crippen molar-refractivity contribution in [2.24, 2.45) is 5.92 Å². The van der Waals surface area contributed by atoms with Gasteiger partial charge < -0.3 is 15.0 Å². The Hall–Kier alpha value is -2.63. The standard InChI is InChI=1S/C19H24N4O2/c1-13-12-20-14(2)18(21-13)23-10-8-15(9-11-23)19(24)22-16-6-4-5-7-17(16)25-3/h4-7,12,15H,8-11H2,1-3H3,(H,22,24). The summed E-state index contributed by atoms with van der Waals surface area (Å²) in [5.74, 6) is 1.66. The van der Waals surface area contributed by atoms with Crippen LogP contribution in [0.2, 0.25) is 0 Å². The van der Waals surface area contributed by atoms with Crippen molar-refractivity contribution in [2.45, 2.75) is 26.7 Å². The highest BCUT2D eigenvalue weighted by atomic mass is 16.5. The first-order chi connectivity index (χ1) is 12.1. The molecule has 0 unspecified atom stereocenters. The number of piperidine rings is 1. The molecular weight excluding hydrogens is 316 g/mol. The predicted octanol–water partition coefficient (Wildman–Crippen LogP) is 2.96. The van der Waals surface area contributed by atoms with Crippen LogP contribution in [0.15, 0.2) is 30.5 Å². The number of nitrogens with one attached hydrogen (secondary N) is 1. The van der Waals surface area contributed by atoms with Crippen molar-refractivity contribution < 1.29 is 9.53 Å². The van der Waals surface area contributed by atoms with E-state index in [1.54, 1.807) is 13.3 Å². The van der Waals surface area contributed by atoms with Crippen LogP contribution >= 0.6 is 0 Å². The second-order valence-corrected chi connectivity index (χ2v) is 6.37. The Morgan fingerprint density at radius 2 is 1.96 bits per heavy atom. The third kappa shape index (κ3) is 3.90. The van der Waals surface area contributed by atoms with Crippen LogP contribution in [0, 0.1) is 19.8 Å². The van der Waals surface area contributed by atoms with Crippen LogP contribution in [0.5, 0.6) is 5.75 Å². The molecule has 2 heterocycles. The van der Waals surface area contributed by atoms with Crippen LogP contribution in [-0.2, 0) is 4.79 Å². The van der Waals surface area contributed by atoms with Crippen LogP contribution in [0.3, 0.4) is 0 Å². The van der Waals surface area contributed by atoms with Crippen molar-refractivity contribution in [1.82, 2.24) is 9.97 Å². The summed E-state index contributed by atoms with van der Waals surface area (Å²) in [6, 6.07) is 7.48. The lowest BCUT2D eigenvalue weighted by Crippen LogP contribution is -2.39. The Morgan fingerprint density at radius 1 is 1.24 bits per heavy atom. The summed E-state index contributed by atoms with van der Waals surface area (Å²) in [6.45, 7) is 5.54. The minimum Gasteiger partial charge on any atom is -0.495 e. The number of carbonyl (C=O) groups is 1. The number of nitrogens with zero attached hydrogens (tertiary/aromatic N) is 3. The van der Waals surface area contributed by atoms with E-state index < -0.39 is 0 Å². The Bertz CT molecular complexity index is 755. The van der Waals surface area contributed by atoms with Gasteiger partial charge in [0.05, 0.1) is 24.2 Å². The number of hydrogen-bond acceptors (Lipinski definition) is 5. The minimum absolute atomic E-state index is 0.000707. The van der Waals surface area contributed by atoms with Crippen molar-refractivity contribution in [3.05, 3.63) is 41.9 Å². The lowest BCUT2D eigenvalue weighted by molar-refractivity contribution is -0.120. The van der Waals surface area contributed by atoms with Gasteiger partial charge in [0, 0.05) is 25.2 Å². The smallest absolute Gasteiger partial charge is 0.227 e. The number of aryl methyl sites for hydroxylation is 2. The maximum Gasteiger partial charge on any atom is 0.227 e. The molecule has 1 amide bonds. The highest BCUT2D eigenvalue weighted by molar-refractivity contribution is 5.94. The molecule has 0 saturated carbocycles. The molecule has 25 heavy (non-hydrogen) atoms. The molecule has 2 aromatic rings. The number of hydrogen-bond donors (Lipinski definition) is 1. The van der Waals surface area contributed by atoms with Crippen molar-refractivity contribution in [2.75, 3.05) is 30.4 Å². The van der Waals surface area contributed by atoms with Crippen molar-refractivity contribution >= 4 is 17.4 Å². The predicted molar refractivity (Wildman–Crippen MR) is 98.1 cm³/mol. The van der Waals surface area contributed by atoms with Crippen LogP contribution in [0.1, 0.15) is 24.2 Å². The summed E-state index contributed by atoms with van der Waals surface area (Å²) in [6.07, 6.45) is 3.39. The van der Waals surface area contributed by atoms with Gasteiger partial charge >= 0.3 is 0 Å². The fourth-order valence-electron chi connectivity index (χ4n) is 3.16. The van der Waals surface area contributed by atoms with Gasteiger partial charge in [-0.1, -0.05) is 12.1 Å². The Morgan fingerprint density at radius 3 is 2.68 bits per heavy atom. The van der Waals surface area contributed by atoms with Crippen molar-refractivity contribution in [3.8, 4) is 5.75 Å². The lowest BCUT2D eigenvalue weighted by Gasteiger charge is -2.32. The molecular formula is C19H24N4O2. The van der Waals surface area contributed by atoms with E-state index in [1.807, 2.05) is 38.1 Å². The van der Waals surface area contributed by atoms with Gasteiger partial charge in [-0.3, -0.25) is 9.78 Å². The van der Waals surface area contributed by atoms with Gasteiger partial charge in [-0.2, -0.15) is 0 Å². The highest BCUT2D eigenvalue weighted by Crippen LogP contribution is 2.27. The van der Waals surface area contributed by atoms with Gasteiger partial charge in [0.25, 0.3) is 0 Å². The number of ether oxygens (including phenoxy) is 1. The molecule has 0 radical (unpaired) electrons. The van der Waals surface area contributed by atoms with Crippen LogP contribution < -0.4 is 15.0 Å². The average Bonchev–Trinajstić information content (AvgIpc) is 2.64. The van der Waals surface area contributed by atoms with Gasteiger partial charge in [0.2, 0.25) is 5.91 Å².